The summed E-state index contributed by atoms with van der Waals surface area (Å²) in [7, 11) is 1.76. The van der Waals surface area contributed by atoms with Gasteiger partial charge in [-0.2, -0.15) is 5.26 Å². The van der Waals surface area contributed by atoms with Gasteiger partial charge in [-0.05, 0) is 26.2 Å². The third-order valence-corrected chi connectivity index (χ3v) is 4.79. The number of amides is 1. The van der Waals surface area contributed by atoms with Gasteiger partial charge in [-0.15, -0.1) is 0 Å². The van der Waals surface area contributed by atoms with Crippen molar-refractivity contribution in [2.24, 2.45) is 0 Å². The number of β-amino-alcohol motifs (C(OH)–C–C–N with tert-alkyl or cyclic N) is 1. The highest BCUT2D eigenvalue weighted by atomic mass is 16.3. The van der Waals surface area contributed by atoms with E-state index in [1.54, 1.807) is 18.9 Å². The molecule has 1 unspecified atom stereocenters. The van der Waals surface area contributed by atoms with Crippen LogP contribution in [0.4, 0.5) is 0 Å². The minimum Gasteiger partial charge on any atom is -0.389 e. The Balaban J connectivity index is 1.96. The van der Waals surface area contributed by atoms with Crippen LogP contribution in [0.2, 0.25) is 0 Å². The van der Waals surface area contributed by atoms with Crippen molar-refractivity contribution in [3.05, 3.63) is 0 Å². The zero-order chi connectivity index (χ0) is 14.8. The summed E-state index contributed by atoms with van der Waals surface area (Å²) in [6.07, 6.45) is 5.45. The lowest BCUT2D eigenvalue weighted by Gasteiger charge is -2.39. The molecule has 0 aromatic heterocycles. The molecule has 2 rings (SSSR count). The van der Waals surface area contributed by atoms with E-state index < -0.39 is 11.1 Å². The molecule has 1 N–H and O–H groups in total. The maximum atomic E-state index is 12.4. The van der Waals surface area contributed by atoms with Crippen molar-refractivity contribution in [3.63, 3.8) is 0 Å². The maximum absolute atomic E-state index is 12.4. The van der Waals surface area contributed by atoms with Crippen LogP contribution in [0.3, 0.4) is 0 Å². The molecule has 1 amide bonds. The molecule has 112 valence electrons. The van der Waals surface area contributed by atoms with Crippen molar-refractivity contribution in [1.82, 2.24) is 9.80 Å². The van der Waals surface area contributed by atoms with Gasteiger partial charge in [0.15, 0.2) is 0 Å². The summed E-state index contributed by atoms with van der Waals surface area (Å²) in [6.45, 7) is 3.38. The van der Waals surface area contributed by atoms with Crippen molar-refractivity contribution >= 4 is 5.91 Å². The maximum Gasteiger partial charge on any atom is 0.237 e. The molecule has 5 heteroatoms. The van der Waals surface area contributed by atoms with E-state index in [0.29, 0.717) is 19.5 Å². The van der Waals surface area contributed by atoms with Crippen molar-refractivity contribution in [1.29, 1.82) is 5.26 Å². The van der Waals surface area contributed by atoms with Crippen molar-refractivity contribution in [2.75, 3.05) is 26.7 Å². The lowest BCUT2D eigenvalue weighted by Crippen LogP contribution is -2.52. The lowest BCUT2D eigenvalue weighted by molar-refractivity contribution is -0.136. The summed E-state index contributed by atoms with van der Waals surface area (Å²) in [5.41, 5.74) is -1.30. The minimum absolute atomic E-state index is 0.00819. The van der Waals surface area contributed by atoms with E-state index in [1.165, 1.54) is 0 Å². The van der Waals surface area contributed by atoms with E-state index in [2.05, 4.69) is 6.07 Å². The fourth-order valence-electron chi connectivity index (χ4n) is 3.37. The molecule has 1 saturated carbocycles. The minimum atomic E-state index is -0.684. The number of nitriles is 1. The molecule has 1 saturated heterocycles. The predicted octanol–water partition coefficient (Wildman–Crippen LogP) is 1.13. The van der Waals surface area contributed by atoms with Crippen LogP contribution in [-0.4, -0.2) is 58.6 Å². The topological polar surface area (TPSA) is 67.6 Å². The number of carbonyl (C=O) groups is 1. The van der Waals surface area contributed by atoms with Gasteiger partial charge in [0.25, 0.3) is 0 Å². The van der Waals surface area contributed by atoms with Crippen LogP contribution in [0, 0.1) is 11.3 Å². The normalized spacial score (nSPS) is 29.9. The number of aliphatic hydroxyl groups is 1. The van der Waals surface area contributed by atoms with Gasteiger partial charge < -0.3 is 10.0 Å². The van der Waals surface area contributed by atoms with Crippen LogP contribution in [0.15, 0.2) is 0 Å². The first-order valence-corrected chi connectivity index (χ1v) is 7.51. The second kappa shape index (κ2) is 5.71. The van der Waals surface area contributed by atoms with Gasteiger partial charge in [-0.1, -0.05) is 19.3 Å². The number of carbonyl (C=O) groups excluding carboxylic acids is 1. The standard InChI is InChI=1S/C15H25N3O2/c1-14(20)8-9-18(12-14)10-13(19)17(2)15(11-16)6-4-3-5-7-15/h20H,3-10,12H2,1-2H3. The Hall–Kier alpha value is -1.12. The third kappa shape index (κ3) is 3.13. The van der Waals surface area contributed by atoms with Crippen molar-refractivity contribution in [3.8, 4) is 6.07 Å². The zero-order valence-corrected chi connectivity index (χ0v) is 12.6. The molecular formula is C15H25N3O2. The Bertz CT molecular complexity index is 408. The number of likely N-dealkylation sites (N-methyl/N-ethyl adjacent to an activating group) is 1. The summed E-state index contributed by atoms with van der Waals surface area (Å²) < 4.78 is 0. The fourth-order valence-corrected chi connectivity index (χ4v) is 3.37. The second-order valence-electron chi connectivity index (χ2n) is 6.61. The van der Waals surface area contributed by atoms with Crippen LogP contribution in [0.5, 0.6) is 0 Å². The monoisotopic (exact) mass is 279 g/mol. The van der Waals surface area contributed by atoms with Crippen LogP contribution < -0.4 is 0 Å². The molecule has 2 aliphatic rings. The molecule has 0 aromatic carbocycles. The molecule has 1 heterocycles. The summed E-state index contributed by atoms with van der Waals surface area (Å²) >= 11 is 0. The van der Waals surface area contributed by atoms with Gasteiger partial charge in [-0.3, -0.25) is 9.69 Å². The number of rotatable bonds is 3. The Morgan fingerprint density at radius 2 is 2.00 bits per heavy atom. The van der Waals surface area contributed by atoms with E-state index in [-0.39, 0.29) is 5.91 Å². The Kier molecular flexibility index (Phi) is 4.36. The molecule has 0 radical (unpaired) electrons. The summed E-state index contributed by atoms with van der Waals surface area (Å²) in [6, 6.07) is 2.38. The SMILES string of the molecule is CN(C(=O)CN1CCC(C)(O)C1)C1(C#N)CCCCC1. The van der Waals surface area contributed by atoms with Crippen LogP contribution >= 0.6 is 0 Å². The van der Waals surface area contributed by atoms with Gasteiger partial charge in [0.1, 0.15) is 5.54 Å². The molecule has 0 bridgehead atoms. The number of likely N-dealkylation sites (tertiary alicyclic amines) is 1. The summed E-state index contributed by atoms with van der Waals surface area (Å²) in [5.74, 6) is -0.00819. The molecule has 0 aromatic rings. The largest absolute Gasteiger partial charge is 0.389 e. The van der Waals surface area contributed by atoms with Crippen LogP contribution in [-0.2, 0) is 4.79 Å². The lowest BCUT2D eigenvalue weighted by atomic mass is 9.81. The molecule has 1 atom stereocenters. The predicted molar refractivity (Wildman–Crippen MR) is 75.9 cm³/mol. The smallest absolute Gasteiger partial charge is 0.237 e. The number of hydrogen-bond acceptors (Lipinski definition) is 4. The Morgan fingerprint density at radius 3 is 2.50 bits per heavy atom. The fraction of sp³-hybridized carbons (Fsp3) is 0.867. The highest BCUT2D eigenvalue weighted by molar-refractivity contribution is 5.79. The quantitative estimate of drug-likeness (QED) is 0.841. The average molecular weight is 279 g/mol. The Labute approximate surface area is 121 Å². The molecule has 1 aliphatic heterocycles. The Morgan fingerprint density at radius 1 is 1.35 bits per heavy atom. The third-order valence-electron chi connectivity index (χ3n) is 4.79. The van der Waals surface area contributed by atoms with E-state index >= 15 is 0 Å². The molecule has 1 aliphatic carbocycles. The van der Waals surface area contributed by atoms with Crippen molar-refractivity contribution in [2.45, 2.75) is 56.6 Å². The number of nitrogens with zero attached hydrogens (tertiary/aromatic N) is 3. The molecule has 0 spiro atoms. The van der Waals surface area contributed by atoms with E-state index in [1.807, 2.05) is 4.90 Å². The zero-order valence-electron chi connectivity index (χ0n) is 12.6. The van der Waals surface area contributed by atoms with Crippen molar-refractivity contribution < 1.29 is 9.90 Å². The first-order chi connectivity index (χ1) is 9.38. The highest BCUT2D eigenvalue weighted by Crippen LogP contribution is 2.32. The number of hydrogen-bond donors (Lipinski definition) is 1. The van der Waals surface area contributed by atoms with Gasteiger partial charge >= 0.3 is 0 Å². The molecule has 5 nitrogen and oxygen atoms in total. The van der Waals surface area contributed by atoms with Gasteiger partial charge in [0.2, 0.25) is 5.91 Å². The van der Waals surface area contributed by atoms with Crippen LogP contribution in [0.1, 0.15) is 45.4 Å². The molecular weight excluding hydrogens is 254 g/mol. The summed E-state index contributed by atoms with van der Waals surface area (Å²) in [5, 5.41) is 19.5. The summed E-state index contributed by atoms with van der Waals surface area (Å²) in [4.78, 5) is 16.1. The molecule has 2 fully saturated rings. The van der Waals surface area contributed by atoms with Crippen LogP contribution in [0.25, 0.3) is 0 Å². The van der Waals surface area contributed by atoms with E-state index in [9.17, 15) is 15.2 Å². The first kappa shape index (κ1) is 15.3. The first-order valence-electron chi connectivity index (χ1n) is 7.51. The average Bonchev–Trinajstić information content (AvgIpc) is 2.77. The van der Waals surface area contributed by atoms with Gasteiger partial charge in [0.05, 0.1) is 18.2 Å². The molecule has 20 heavy (non-hydrogen) atoms. The second-order valence-corrected chi connectivity index (χ2v) is 6.61. The van der Waals surface area contributed by atoms with E-state index in [0.717, 1.165) is 38.6 Å². The highest BCUT2D eigenvalue weighted by Gasteiger charge is 2.40. The van der Waals surface area contributed by atoms with Gasteiger partial charge in [0, 0.05) is 20.1 Å². The van der Waals surface area contributed by atoms with Gasteiger partial charge in [-0.25, -0.2) is 0 Å². The van der Waals surface area contributed by atoms with E-state index in [4.69, 9.17) is 0 Å².